The summed E-state index contributed by atoms with van der Waals surface area (Å²) in [5.74, 6) is -5.72. The van der Waals surface area contributed by atoms with Gasteiger partial charge >= 0.3 is 11.9 Å². The molecule has 8 rings (SSSR count). The second-order valence-electron chi connectivity index (χ2n) is 16.0. The molecule has 16 atom stereocenters. The Kier molecular flexibility index (Phi) is 7.64. The summed E-state index contributed by atoms with van der Waals surface area (Å²) in [6, 6.07) is 8.68. The minimum atomic E-state index is -2.20. The molecule has 4 heterocycles. The van der Waals surface area contributed by atoms with Gasteiger partial charge < -0.3 is 49.2 Å². The first-order chi connectivity index (χ1) is 22.8. The molecule has 0 amide bonds. The van der Waals surface area contributed by atoms with Crippen LogP contribution in [-0.2, 0) is 23.7 Å². The van der Waals surface area contributed by atoms with Gasteiger partial charge in [0.1, 0.15) is 41.2 Å². The van der Waals surface area contributed by atoms with E-state index in [1.54, 1.807) is 24.3 Å². The molecule has 4 saturated heterocycles. The van der Waals surface area contributed by atoms with E-state index in [-0.39, 0.29) is 24.9 Å². The summed E-state index contributed by atoms with van der Waals surface area (Å²) in [6.07, 6.45) is -1.10. The van der Waals surface area contributed by atoms with E-state index in [0.717, 1.165) is 32.1 Å². The van der Waals surface area contributed by atoms with Crippen molar-refractivity contribution in [2.24, 2.45) is 35.5 Å². The number of ether oxygens (including phenoxy) is 5. The number of benzene rings is 1. The van der Waals surface area contributed by atoms with Crippen LogP contribution in [-0.4, -0.2) is 104 Å². The van der Waals surface area contributed by atoms with Gasteiger partial charge in [-0.05, 0) is 55.2 Å². The second-order valence-corrected chi connectivity index (χ2v) is 16.0. The number of rotatable bonds is 5. The lowest BCUT2D eigenvalue weighted by molar-refractivity contribution is -0.459. The highest BCUT2D eigenvalue weighted by molar-refractivity contribution is 5.89. The van der Waals surface area contributed by atoms with Crippen LogP contribution in [0, 0.1) is 35.5 Å². The molecular weight excluding hydrogens is 620 g/mol. The van der Waals surface area contributed by atoms with Gasteiger partial charge in [0.25, 0.3) is 0 Å². The first-order valence-corrected chi connectivity index (χ1v) is 17.9. The lowest BCUT2D eigenvalue weighted by Crippen LogP contribution is -2.75. The highest BCUT2D eigenvalue weighted by atomic mass is 16.9. The highest BCUT2D eigenvalue weighted by Crippen LogP contribution is 2.75. The Hall–Kier alpha value is -1.93. The third-order valence-electron chi connectivity index (χ3n) is 13.7. The Morgan fingerprint density at radius 2 is 1.71 bits per heavy atom. The fourth-order valence-corrected chi connectivity index (χ4v) is 11.5. The molecule has 4 aliphatic heterocycles. The molecule has 4 unspecified atom stereocenters. The Morgan fingerprint density at radius 1 is 1.00 bits per heavy atom. The molecule has 0 aromatic heterocycles. The van der Waals surface area contributed by atoms with Crippen molar-refractivity contribution in [2.45, 2.75) is 125 Å². The molecule has 5 N–H and O–H groups in total. The number of carbonyl (C=O) groups is 1. The number of hydrogen-bond acceptors (Lipinski definition) is 11. The quantitative estimate of drug-likeness (QED) is 0.177. The smallest absolute Gasteiger partial charge is 0.338 e. The van der Waals surface area contributed by atoms with Crippen LogP contribution in [0.4, 0.5) is 0 Å². The van der Waals surface area contributed by atoms with Crippen molar-refractivity contribution in [3.05, 3.63) is 48.0 Å². The summed E-state index contributed by atoms with van der Waals surface area (Å²) in [5, 5.41) is 60.3. The zero-order chi connectivity index (χ0) is 34.0. The molecule has 7 aliphatic rings. The van der Waals surface area contributed by atoms with Gasteiger partial charge in [-0.3, -0.25) is 0 Å². The molecule has 1 aromatic carbocycles. The largest absolute Gasteiger partial charge is 0.462 e. The Balaban J connectivity index is 1.37. The van der Waals surface area contributed by atoms with Crippen molar-refractivity contribution < 1.29 is 54.0 Å². The van der Waals surface area contributed by atoms with E-state index in [4.69, 9.17) is 23.7 Å². The molecule has 264 valence electrons. The number of carbonyl (C=O) groups excluding carboxylic acids is 1. The molecule has 2 spiro atoms. The third kappa shape index (κ3) is 4.05. The number of aliphatic hydroxyl groups is 5. The number of epoxide rings is 1. The second kappa shape index (κ2) is 11.0. The first kappa shape index (κ1) is 33.2. The van der Waals surface area contributed by atoms with Crippen molar-refractivity contribution in [1.82, 2.24) is 0 Å². The lowest BCUT2D eigenvalue weighted by Gasteiger charge is -2.62. The predicted molar refractivity (Wildman–Crippen MR) is 169 cm³/mol. The molecule has 0 radical (unpaired) electrons. The number of hydrogen-bond donors (Lipinski definition) is 5. The van der Waals surface area contributed by atoms with E-state index >= 15 is 0 Å². The molecule has 7 fully saturated rings. The zero-order valence-electron chi connectivity index (χ0n) is 28.0. The van der Waals surface area contributed by atoms with Gasteiger partial charge in [-0.2, -0.15) is 0 Å². The zero-order valence-corrected chi connectivity index (χ0v) is 28.0. The van der Waals surface area contributed by atoms with Crippen LogP contribution in [0.5, 0.6) is 0 Å². The number of fused-ring (bicyclic) bond motifs is 1. The highest BCUT2D eigenvalue weighted by Gasteiger charge is 2.90. The van der Waals surface area contributed by atoms with Gasteiger partial charge in [-0.1, -0.05) is 70.7 Å². The van der Waals surface area contributed by atoms with Crippen LogP contribution < -0.4 is 0 Å². The summed E-state index contributed by atoms with van der Waals surface area (Å²) >= 11 is 0. The number of aliphatic hydroxyl groups excluding tert-OH is 4. The Bertz CT molecular complexity index is 1460. The third-order valence-corrected chi connectivity index (χ3v) is 13.7. The average molecular weight is 671 g/mol. The maximum Gasteiger partial charge on any atom is 0.338 e. The normalized spacial score (nSPS) is 53.5. The topological polar surface area (TPSA) is 168 Å². The van der Waals surface area contributed by atoms with E-state index in [9.17, 15) is 30.3 Å². The molecule has 1 aromatic rings. The van der Waals surface area contributed by atoms with E-state index in [2.05, 4.69) is 13.5 Å². The van der Waals surface area contributed by atoms with Crippen LogP contribution in [0.25, 0.3) is 0 Å². The molecule has 11 heteroatoms. The fourth-order valence-electron chi connectivity index (χ4n) is 11.5. The lowest BCUT2D eigenvalue weighted by atomic mass is 9.51. The summed E-state index contributed by atoms with van der Waals surface area (Å²) in [7, 11) is 0. The van der Waals surface area contributed by atoms with Crippen LogP contribution in [0.15, 0.2) is 42.5 Å². The molecule has 3 aliphatic carbocycles. The van der Waals surface area contributed by atoms with E-state index < -0.39 is 95.1 Å². The molecule has 11 nitrogen and oxygen atoms in total. The van der Waals surface area contributed by atoms with E-state index in [0.29, 0.717) is 17.6 Å². The maximum atomic E-state index is 13.5. The Labute approximate surface area is 281 Å². The first-order valence-electron chi connectivity index (χ1n) is 17.9. The van der Waals surface area contributed by atoms with Gasteiger partial charge in [-0.25, -0.2) is 4.79 Å². The average Bonchev–Trinajstić information content (AvgIpc) is 3.72. The summed E-state index contributed by atoms with van der Waals surface area (Å²) in [5.41, 5.74) is -5.51. The van der Waals surface area contributed by atoms with Crippen molar-refractivity contribution >= 4 is 5.97 Å². The Morgan fingerprint density at radius 3 is 2.40 bits per heavy atom. The van der Waals surface area contributed by atoms with Gasteiger partial charge in [0.2, 0.25) is 0 Å². The minimum absolute atomic E-state index is 0.0108. The maximum absolute atomic E-state index is 13.5. The minimum Gasteiger partial charge on any atom is -0.462 e. The standard InChI is InChI=1S/C37H50O11/c1-19(2)33-16-23(17-44-31(41)22-13-9-7-10-14-22)36-26-29(33)46-37(47-33,48-36)24(39)15-11-6-5-8-12-20(3)25-21(4)28(40)35(43,27(25)36)32(42)34(18-38)30(26)45-34/h7,9-10,13-14,20-21,23-30,32,38-40,42-43H,1,5-6,8,11-12,15-18H2,2-4H3/t20-,21+,23+,24-,25?,26?,27?,28+,29-,30+,32-,33-,34+,35-,36-,37?/m1/s1. The summed E-state index contributed by atoms with van der Waals surface area (Å²) < 4.78 is 33.4. The van der Waals surface area contributed by atoms with Crippen molar-refractivity contribution in [3.8, 4) is 0 Å². The van der Waals surface area contributed by atoms with Crippen LogP contribution in [0.2, 0.25) is 0 Å². The van der Waals surface area contributed by atoms with E-state index in [1.807, 2.05) is 19.9 Å². The van der Waals surface area contributed by atoms with Crippen molar-refractivity contribution in [1.29, 1.82) is 0 Å². The van der Waals surface area contributed by atoms with Gasteiger partial charge in [-0.15, -0.1) is 0 Å². The van der Waals surface area contributed by atoms with Crippen molar-refractivity contribution in [2.75, 3.05) is 13.2 Å². The van der Waals surface area contributed by atoms with Gasteiger partial charge in [0, 0.05) is 17.8 Å². The SMILES string of the molecule is C=C(C)[C@]12C[C@@H](COC(=O)c3ccccc3)[C@@]34OC5(O[C@@H]1C3[C@@H]1O[C@]1(CO)[C@@H](O)[C@@]1(O)C4C([C@H](C)CCCCCC[C@H]5O)[C@H](C)[C@@H]1O)O2. The molecule has 3 saturated carbocycles. The molecule has 48 heavy (non-hydrogen) atoms. The van der Waals surface area contributed by atoms with Crippen molar-refractivity contribution in [3.63, 3.8) is 0 Å². The van der Waals surface area contributed by atoms with E-state index in [1.165, 1.54) is 0 Å². The van der Waals surface area contributed by atoms with Crippen LogP contribution >= 0.6 is 0 Å². The number of esters is 1. The molecular formula is C37H50O11. The van der Waals surface area contributed by atoms with Crippen LogP contribution in [0.3, 0.4) is 0 Å². The predicted octanol–water partition coefficient (Wildman–Crippen LogP) is 2.46. The monoisotopic (exact) mass is 670 g/mol. The molecule has 3 bridgehead atoms. The van der Waals surface area contributed by atoms with Gasteiger partial charge in [0.15, 0.2) is 0 Å². The van der Waals surface area contributed by atoms with Gasteiger partial charge in [0.05, 0.1) is 30.5 Å². The summed E-state index contributed by atoms with van der Waals surface area (Å²) in [4.78, 5) is 13.5. The van der Waals surface area contributed by atoms with Crippen LogP contribution in [0.1, 0.15) is 76.1 Å². The fraction of sp³-hybridized carbons (Fsp3) is 0.757. The summed E-state index contributed by atoms with van der Waals surface area (Å²) in [6.45, 7) is 9.44.